The summed E-state index contributed by atoms with van der Waals surface area (Å²) in [5.74, 6) is -1.43. The first-order valence-corrected chi connectivity index (χ1v) is 9.66. The zero-order valence-electron chi connectivity index (χ0n) is 18.4. The molecule has 2 rings (SSSR count). The third-order valence-electron chi connectivity index (χ3n) is 4.66. The van der Waals surface area contributed by atoms with Crippen LogP contribution in [0.4, 0.5) is 11.4 Å². The zero-order chi connectivity index (χ0) is 24.7. The Bertz CT molecular complexity index is 1100. The summed E-state index contributed by atoms with van der Waals surface area (Å²) in [5.41, 5.74) is 6.82. The van der Waals surface area contributed by atoms with Crippen LogP contribution in [0.25, 0.3) is 0 Å². The van der Waals surface area contributed by atoms with Crippen molar-refractivity contribution in [2.45, 2.75) is 34.1 Å². The summed E-state index contributed by atoms with van der Waals surface area (Å²) in [6.45, 7) is 6.34. The predicted molar refractivity (Wildman–Crippen MR) is 121 cm³/mol. The maximum Gasteiger partial charge on any atom is 0.272 e. The molecule has 0 aliphatic heterocycles. The molecule has 33 heavy (non-hydrogen) atoms. The molecular formula is C21H22N6O6. The number of nitrogens with zero attached hydrogens (tertiary/aromatic N) is 4. The first-order chi connectivity index (χ1) is 15.5. The Labute approximate surface area is 188 Å². The highest BCUT2D eigenvalue weighted by atomic mass is 16.6. The van der Waals surface area contributed by atoms with E-state index in [1.807, 2.05) is 0 Å². The summed E-state index contributed by atoms with van der Waals surface area (Å²) in [6.07, 6.45) is -0.574. The van der Waals surface area contributed by atoms with E-state index in [0.717, 1.165) is 0 Å². The normalized spacial score (nSPS) is 11.6. The number of nitrogens with one attached hydrogen (secondary N) is 2. The highest BCUT2D eigenvalue weighted by Crippen LogP contribution is 2.20. The van der Waals surface area contributed by atoms with Crippen molar-refractivity contribution in [3.63, 3.8) is 0 Å². The number of hydrogen-bond donors (Lipinski definition) is 2. The van der Waals surface area contributed by atoms with Gasteiger partial charge in [0.1, 0.15) is 6.42 Å². The van der Waals surface area contributed by atoms with E-state index in [0.29, 0.717) is 33.7 Å². The van der Waals surface area contributed by atoms with Crippen LogP contribution in [0.2, 0.25) is 0 Å². The molecule has 0 aliphatic carbocycles. The summed E-state index contributed by atoms with van der Waals surface area (Å²) >= 11 is 0. The lowest BCUT2D eigenvalue weighted by molar-refractivity contribution is -0.385. The number of amides is 2. The van der Waals surface area contributed by atoms with Gasteiger partial charge in [-0.3, -0.25) is 29.8 Å². The quantitative estimate of drug-likeness (QED) is 0.269. The molecule has 2 aromatic rings. The van der Waals surface area contributed by atoms with Gasteiger partial charge in [0.25, 0.3) is 11.4 Å². The Hall–Kier alpha value is -4.48. The van der Waals surface area contributed by atoms with Crippen LogP contribution in [-0.2, 0) is 9.59 Å². The van der Waals surface area contributed by atoms with Crippen LogP contribution >= 0.6 is 0 Å². The molecule has 0 unspecified atom stereocenters. The largest absolute Gasteiger partial charge is 0.273 e. The SMILES string of the molecule is C/C(=N\NC(=O)CC(=O)N/N=C(\C)c1ccc(C)c([N+](=O)[O-])c1)c1ccc(C)c([N+](=O)[O-])c1. The molecule has 2 aromatic carbocycles. The van der Waals surface area contributed by atoms with Gasteiger partial charge in [0, 0.05) is 34.4 Å². The van der Waals surface area contributed by atoms with Crippen LogP contribution < -0.4 is 10.9 Å². The Morgan fingerprint density at radius 3 is 1.48 bits per heavy atom. The van der Waals surface area contributed by atoms with E-state index in [1.54, 1.807) is 52.0 Å². The molecule has 0 fully saturated rings. The van der Waals surface area contributed by atoms with Crippen LogP contribution in [0, 0.1) is 34.1 Å². The van der Waals surface area contributed by atoms with Crippen LogP contribution in [-0.4, -0.2) is 33.1 Å². The van der Waals surface area contributed by atoms with Crippen molar-refractivity contribution < 1.29 is 19.4 Å². The van der Waals surface area contributed by atoms with E-state index < -0.39 is 28.1 Å². The molecular weight excluding hydrogens is 432 g/mol. The third-order valence-corrected chi connectivity index (χ3v) is 4.66. The minimum absolute atomic E-state index is 0.0695. The Morgan fingerprint density at radius 2 is 1.15 bits per heavy atom. The Balaban J connectivity index is 1.97. The van der Waals surface area contributed by atoms with Gasteiger partial charge in [-0.15, -0.1) is 0 Å². The van der Waals surface area contributed by atoms with Crippen LogP contribution in [0.5, 0.6) is 0 Å². The fourth-order valence-corrected chi connectivity index (χ4v) is 2.71. The van der Waals surface area contributed by atoms with E-state index in [9.17, 15) is 29.8 Å². The molecule has 0 saturated heterocycles. The van der Waals surface area contributed by atoms with Gasteiger partial charge in [0.15, 0.2) is 0 Å². The Morgan fingerprint density at radius 1 is 0.788 bits per heavy atom. The molecule has 0 saturated carbocycles. The number of carbonyl (C=O) groups excluding carboxylic acids is 2. The van der Waals surface area contributed by atoms with Crippen molar-refractivity contribution in [3.8, 4) is 0 Å². The van der Waals surface area contributed by atoms with Gasteiger partial charge in [-0.2, -0.15) is 10.2 Å². The summed E-state index contributed by atoms with van der Waals surface area (Å²) in [4.78, 5) is 45.1. The molecule has 0 spiro atoms. The van der Waals surface area contributed by atoms with Crippen molar-refractivity contribution in [3.05, 3.63) is 78.9 Å². The number of benzene rings is 2. The van der Waals surface area contributed by atoms with Crippen LogP contribution in [0.15, 0.2) is 46.6 Å². The molecule has 0 aromatic heterocycles. The number of hydrazone groups is 2. The lowest BCUT2D eigenvalue weighted by Gasteiger charge is -2.05. The maximum atomic E-state index is 12.0. The first-order valence-electron chi connectivity index (χ1n) is 9.66. The molecule has 172 valence electrons. The molecule has 0 atom stereocenters. The topological polar surface area (TPSA) is 169 Å². The average Bonchev–Trinajstić information content (AvgIpc) is 2.76. The third kappa shape index (κ3) is 6.75. The van der Waals surface area contributed by atoms with E-state index >= 15 is 0 Å². The molecule has 0 aliphatic rings. The monoisotopic (exact) mass is 454 g/mol. The van der Waals surface area contributed by atoms with Gasteiger partial charge in [-0.1, -0.05) is 24.3 Å². The minimum atomic E-state index is -0.715. The van der Waals surface area contributed by atoms with Gasteiger partial charge >= 0.3 is 0 Å². The zero-order valence-corrected chi connectivity index (χ0v) is 18.4. The van der Waals surface area contributed by atoms with E-state index in [1.165, 1.54) is 12.1 Å². The second-order valence-corrected chi connectivity index (χ2v) is 7.16. The highest BCUT2D eigenvalue weighted by molar-refractivity contribution is 6.02. The number of carbonyl (C=O) groups is 2. The van der Waals surface area contributed by atoms with Crippen molar-refractivity contribution in [2.24, 2.45) is 10.2 Å². The molecule has 0 bridgehead atoms. The van der Waals surface area contributed by atoms with Crippen LogP contribution in [0.3, 0.4) is 0 Å². The number of hydrogen-bond acceptors (Lipinski definition) is 8. The minimum Gasteiger partial charge on any atom is -0.273 e. The van der Waals surface area contributed by atoms with Crippen molar-refractivity contribution in [1.29, 1.82) is 0 Å². The molecule has 2 N–H and O–H groups in total. The van der Waals surface area contributed by atoms with Gasteiger partial charge in [-0.05, 0) is 27.7 Å². The fourth-order valence-electron chi connectivity index (χ4n) is 2.71. The second kappa shape index (κ2) is 10.7. The maximum absolute atomic E-state index is 12.0. The summed E-state index contributed by atoms with van der Waals surface area (Å²) in [6, 6.07) is 9.11. The van der Waals surface area contributed by atoms with Gasteiger partial charge < -0.3 is 0 Å². The smallest absolute Gasteiger partial charge is 0.272 e. The molecule has 12 nitrogen and oxygen atoms in total. The first kappa shape index (κ1) is 24.8. The summed E-state index contributed by atoms with van der Waals surface area (Å²) < 4.78 is 0. The van der Waals surface area contributed by atoms with E-state index in [-0.39, 0.29) is 11.4 Å². The van der Waals surface area contributed by atoms with Crippen LogP contribution in [0.1, 0.15) is 42.5 Å². The molecule has 12 heteroatoms. The van der Waals surface area contributed by atoms with E-state index in [2.05, 4.69) is 21.1 Å². The Kier molecular flexibility index (Phi) is 8.04. The average molecular weight is 454 g/mol. The lowest BCUT2D eigenvalue weighted by atomic mass is 10.1. The molecule has 0 heterocycles. The molecule has 2 amide bonds. The van der Waals surface area contributed by atoms with Crippen molar-refractivity contribution >= 4 is 34.6 Å². The fraction of sp³-hybridized carbons (Fsp3) is 0.238. The summed E-state index contributed by atoms with van der Waals surface area (Å²) in [7, 11) is 0. The van der Waals surface area contributed by atoms with Crippen molar-refractivity contribution in [2.75, 3.05) is 0 Å². The van der Waals surface area contributed by atoms with Gasteiger partial charge in [0.05, 0.1) is 21.3 Å². The lowest BCUT2D eigenvalue weighted by Crippen LogP contribution is -2.28. The van der Waals surface area contributed by atoms with Gasteiger partial charge in [0.2, 0.25) is 11.8 Å². The standard InChI is InChI=1S/C21H22N6O6/c1-12-5-7-16(9-18(12)26(30)31)14(3)22-24-20(28)11-21(29)25-23-15(4)17-8-6-13(2)19(10-17)27(32)33/h5-10H,11H2,1-4H3,(H,24,28)(H,25,29)/b22-14+,23-15+. The number of rotatable bonds is 8. The molecule has 0 radical (unpaired) electrons. The predicted octanol–water partition coefficient (Wildman–Crippen LogP) is 2.89. The number of aryl methyl sites for hydroxylation is 2. The van der Waals surface area contributed by atoms with Gasteiger partial charge in [-0.25, -0.2) is 10.9 Å². The second-order valence-electron chi connectivity index (χ2n) is 7.16. The number of nitro groups is 2. The highest BCUT2D eigenvalue weighted by Gasteiger charge is 2.14. The number of nitro benzene ring substituents is 2. The van der Waals surface area contributed by atoms with Crippen molar-refractivity contribution in [1.82, 2.24) is 10.9 Å². The van der Waals surface area contributed by atoms with E-state index in [4.69, 9.17) is 0 Å². The summed E-state index contributed by atoms with van der Waals surface area (Å²) in [5, 5.41) is 29.9.